The molecule has 1 atom stereocenters. The Morgan fingerprint density at radius 2 is 2.00 bits per heavy atom. The molecular formula is C21H31N5O4. The fourth-order valence-corrected chi connectivity index (χ4v) is 4.15. The van der Waals surface area contributed by atoms with Gasteiger partial charge in [-0.05, 0) is 42.9 Å². The lowest BCUT2D eigenvalue weighted by atomic mass is 9.66. The topological polar surface area (TPSA) is 146 Å². The molecule has 0 aliphatic heterocycles. The number of carboxylic acids is 1. The van der Waals surface area contributed by atoms with Crippen LogP contribution < -0.4 is 21.9 Å². The minimum Gasteiger partial charge on any atom is -0.481 e. The highest BCUT2D eigenvalue weighted by Crippen LogP contribution is 2.43. The minimum absolute atomic E-state index is 0.122. The molecule has 1 aromatic rings. The number of benzene rings is 1. The van der Waals surface area contributed by atoms with Crippen molar-refractivity contribution in [3.05, 3.63) is 29.8 Å². The number of nitrogens with zero attached hydrogens (tertiary/aromatic N) is 1. The van der Waals surface area contributed by atoms with Crippen LogP contribution in [0.15, 0.2) is 29.3 Å². The van der Waals surface area contributed by atoms with Crippen LogP contribution in [-0.4, -0.2) is 41.8 Å². The first-order valence-electron chi connectivity index (χ1n) is 10.3. The van der Waals surface area contributed by atoms with E-state index in [0.717, 1.165) is 38.5 Å². The number of nitrogens with two attached hydrogens (primary N) is 1. The first-order chi connectivity index (χ1) is 14.4. The number of rotatable bonds is 10. The average molecular weight is 418 g/mol. The van der Waals surface area contributed by atoms with Crippen molar-refractivity contribution in [2.24, 2.45) is 16.3 Å². The van der Waals surface area contributed by atoms with Gasteiger partial charge in [0.2, 0.25) is 5.91 Å². The fraction of sp³-hybridized carbons (Fsp3) is 0.524. The van der Waals surface area contributed by atoms with Crippen LogP contribution in [0.3, 0.4) is 0 Å². The largest absolute Gasteiger partial charge is 0.481 e. The van der Waals surface area contributed by atoms with Crippen LogP contribution in [-0.2, 0) is 9.59 Å². The molecular weight excluding hydrogens is 386 g/mol. The van der Waals surface area contributed by atoms with E-state index in [0.29, 0.717) is 11.3 Å². The van der Waals surface area contributed by atoms with Crippen molar-refractivity contribution in [2.45, 2.75) is 57.9 Å². The van der Waals surface area contributed by atoms with Gasteiger partial charge >= 0.3 is 5.97 Å². The molecule has 0 radical (unpaired) electrons. The summed E-state index contributed by atoms with van der Waals surface area (Å²) in [4.78, 5) is 40.3. The second-order valence-electron chi connectivity index (χ2n) is 7.65. The van der Waals surface area contributed by atoms with Gasteiger partial charge in [0.05, 0.1) is 18.7 Å². The van der Waals surface area contributed by atoms with Gasteiger partial charge in [-0.15, -0.1) is 0 Å². The summed E-state index contributed by atoms with van der Waals surface area (Å²) in [7, 11) is 0. The first-order valence-corrected chi connectivity index (χ1v) is 10.3. The van der Waals surface area contributed by atoms with Gasteiger partial charge in [0.1, 0.15) is 6.34 Å². The second-order valence-corrected chi connectivity index (χ2v) is 7.65. The van der Waals surface area contributed by atoms with Crippen molar-refractivity contribution in [3.63, 3.8) is 0 Å². The van der Waals surface area contributed by atoms with E-state index in [1.165, 1.54) is 6.34 Å². The molecule has 0 heterocycles. The zero-order chi connectivity index (χ0) is 22.0. The van der Waals surface area contributed by atoms with Crippen LogP contribution in [0.1, 0.15) is 62.2 Å². The molecule has 2 rings (SSSR count). The molecule has 30 heavy (non-hydrogen) atoms. The van der Waals surface area contributed by atoms with Gasteiger partial charge in [0, 0.05) is 11.6 Å². The fourth-order valence-electron chi connectivity index (χ4n) is 4.15. The number of aliphatic carboxylic acids is 1. The van der Waals surface area contributed by atoms with Crippen LogP contribution in [0.4, 0.5) is 5.69 Å². The van der Waals surface area contributed by atoms with Crippen LogP contribution in [0.2, 0.25) is 0 Å². The summed E-state index contributed by atoms with van der Waals surface area (Å²) < 4.78 is 0. The third kappa shape index (κ3) is 6.55. The molecule has 1 aliphatic rings. The van der Waals surface area contributed by atoms with Crippen molar-refractivity contribution >= 4 is 29.8 Å². The number of hydrogen-bond donors (Lipinski definition) is 5. The average Bonchev–Trinajstić information content (AvgIpc) is 2.76. The van der Waals surface area contributed by atoms with Crippen LogP contribution in [0.5, 0.6) is 0 Å². The number of hydrazine groups is 1. The first kappa shape index (κ1) is 23.3. The molecule has 1 unspecified atom stereocenters. The third-order valence-corrected chi connectivity index (χ3v) is 5.81. The van der Waals surface area contributed by atoms with Crippen LogP contribution in [0.25, 0.3) is 0 Å². The Balaban J connectivity index is 1.99. The van der Waals surface area contributed by atoms with Crippen LogP contribution >= 0.6 is 0 Å². The summed E-state index contributed by atoms with van der Waals surface area (Å²) in [6.45, 7) is 1.82. The molecule has 0 bridgehead atoms. The molecule has 2 amide bonds. The van der Waals surface area contributed by atoms with Gasteiger partial charge in [0.15, 0.2) is 0 Å². The Kier molecular flexibility index (Phi) is 8.79. The van der Waals surface area contributed by atoms with E-state index in [1.54, 1.807) is 24.3 Å². The van der Waals surface area contributed by atoms with Gasteiger partial charge < -0.3 is 21.2 Å². The van der Waals surface area contributed by atoms with E-state index in [4.69, 9.17) is 5.84 Å². The number of aliphatic imine (C=N–C) groups is 1. The molecule has 0 aromatic heterocycles. The van der Waals surface area contributed by atoms with Gasteiger partial charge in [-0.1, -0.05) is 32.3 Å². The molecule has 0 saturated heterocycles. The van der Waals surface area contributed by atoms with Crippen molar-refractivity contribution in [1.82, 2.24) is 16.1 Å². The standard InChI is InChI=1S/C21H31N5O4/c1-2-21(9-4-3-5-10-21)17(12-19(28)29)26-18(27)13-23-20(30)15-7-6-8-16(11-15)24-14-25-22/h6-8,11,14,17H,2-5,9-10,12-13,22H2,1H3,(H,23,30)(H,24,25)(H,26,27)(H,28,29). The predicted molar refractivity (Wildman–Crippen MR) is 114 cm³/mol. The maximum absolute atomic E-state index is 12.5. The zero-order valence-corrected chi connectivity index (χ0v) is 17.3. The molecule has 1 saturated carbocycles. The number of carbonyl (C=O) groups is 3. The number of carbonyl (C=O) groups excluding carboxylic acids is 2. The SMILES string of the molecule is CCC1(C(CC(=O)O)NC(=O)CNC(=O)c2cccc(N=CNN)c2)CCCCC1. The highest BCUT2D eigenvalue weighted by atomic mass is 16.4. The molecule has 6 N–H and O–H groups in total. The van der Waals surface area contributed by atoms with E-state index in [9.17, 15) is 19.5 Å². The van der Waals surface area contributed by atoms with E-state index in [-0.39, 0.29) is 18.4 Å². The summed E-state index contributed by atoms with van der Waals surface area (Å²) >= 11 is 0. The Morgan fingerprint density at radius 3 is 2.63 bits per heavy atom. The molecule has 1 aliphatic carbocycles. The number of nitrogens with one attached hydrogen (secondary N) is 3. The maximum Gasteiger partial charge on any atom is 0.305 e. The molecule has 0 spiro atoms. The Morgan fingerprint density at radius 1 is 1.27 bits per heavy atom. The van der Waals surface area contributed by atoms with Gasteiger partial charge in [-0.25, -0.2) is 10.8 Å². The second kappa shape index (κ2) is 11.3. The normalized spacial score (nSPS) is 16.6. The lowest BCUT2D eigenvalue weighted by molar-refractivity contribution is -0.139. The number of hydrogen-bond acceptors (Lipinski definition) is 5. The molecule has 1 aromatic carbocycles. The highest BCUT2D eigenvalue weighted by molar-refractivity contribution is 5.97. The summed E-state index contributed by atoms with van der Waals surface area (Å²) in [5.41, 5.74) is 2.97. The monoisotopic (exact) mass is 417 g/mol. The zero-order valence-electron chi connectivity index (χ0n) is 17.3. The van der Waals surface area contributed by atoms with E-state index in [1.807, 2.05) is 6.92 Å². The highest BCUT2D eigenvalue weighted by Gasteiger charge is 2.40. The van der Waals surface area contributed by atoms with Crippen molar-refractivity contribution in [3.8, 4) is 0 Å². The molecule has 9 heteroatoms. The van der Waals surface area contributed by atoms with Crippen LogP contribution in [0, 0.1) is 5.41 Å². The van der Waals surface area contributed by atoms with E-state index in [2.05, 4.69) is 21.1 Å². The van der Waals surface area contributed by atoms with Crippen molar-refractivity contribution < 1.29 is 19.5 Å². The summed E-state index contributed by atoms with van der Waals surface area (Å²) in [5, 5.41) is 14.8. The number of carboxylic acid groups (broad SMARTS) is 1. The minimum atomic E-state index is -0.938. The summed E-state index contributed by atoms with van der Waals surface area (Å²) in [5.74, 6) is 3.39. The number of amides is 2. The molecule has 1 fully saturated rings. The molecule has 9 nitrogen and oxygen atoms in total. The predicted octanol–water partition coefficient (Wildman–Crippen LogP) is 1.86. The lowest BCUT2D eigenvalue weighted by Gasteiger charge is -2.43. The molecule has 164 valence electrons. The Hall–Kier alpha value is -2.94. The maximum atomic E-state index is 12.5. The van der Waals surface area contributed by atoms with Gasteiger partial charge in [-0.2, -0.15) is 0 Å². The lowest BCUT2D eigenvalue weighted by Crippen LogP contribution is -2.52. The smallest absolute Gasteiger partial charge is 0.305 e. The Labute approximate surface area is 176 Å². The van der Waals surface area contributed by atoms with Crippen molar-refractivity contribution in [1.29, 1.82) is 0 Å². The van der Waals surface area contributed by atoms with Gasteiger partial charge in [-0.3, -0.25) is 14.4 Å². The summed E-state index contributed by atoms with van der Waals surface area (Å²) in [6.07, 6.45) is 6.99. The Bertz CT molecular complexity index is 774. The van der Waals surface area contributed by atoms with Crippen molar-refractivity contribution in [2.75, 3.05) is 6.54 Å². The summed E-state index contributed by atoms with van der Waals surface area (Å²) in [6, 6.07) is 6.12. The quantitative estimate of drug-likeness (QED) is 0.170. The third-order valence-electron chi connectivity index (χ3n) is 5.81. The van der Waals surface area contributed by atoms with E-state index < -0.39 is 23.8 Å². The van der Waals surface area contributed by atoms with E-state index >= 15 is 0 Å². The van der Waals surface area contributed by atoms with Gasteiger partial charge in [0.25, 0.3) is 5.91 Å².